The average Bonchev–Trinajstić information content (AvgIpc) is 2.38. The smallest absolute Gasteiger partial charge is 0.0762 e. The summed E-state index contributed by atoms with van der Waals surface area (Å²) in [6.07, 6.45) is 0.820. The lowest BCUT2D eigenvalue weighted by atomic mass is 10.1. The Morgan fingerprint density at radius 1 is 1.56 bits per heavy atom. The predicted octanol–water partition coefficient (Wildman–Crippen LogP) is 3.83. The summed E-state index contributed by atoms with van der Waals surface area (Å²) >= 11 is 5.71. The highest BCUT2D eigenvalue weighted by molar-refractivity contribution is 9.10. The molecule has 2 atom stereocenters. The van der Waals surface area contributed by atoms with Gasteiger partial charge in [-0.15, -0.1) is 0 Å². The molecule has 1 aromatic carbocycles. The highest BCUT2D eigenvalue weighted by atomic mass is 79.9. The standard InChI is InChI=1S/C14H20BrNOS/c1-3-12-9-16(6-7-18-12)14-5-4-11(10(2)17)8-13(14)15/h4-5,8,10,12,17H,3,6-7,9H2,1-2H3. The minimum absolute atomic E-state index is 0.407. The Kier molecular flexibility index (Phi) is 4.98. The fraction of sp³-hybridized carbons (Fsp3) is 0.571. The molecule has 0 bridgehead atoms. The first-order chi connectivity index (χ1) is 8.61. The number of benzene rings is 1. The van der Waals surface area contributed by atoms with Gasteiger partial charge in [0, 0.05) is 28.6 Å². The molecule has 1 aromatic rings. The largest absolute Gasteiger partial charge is 0.389 e. The zero-order valence-electron chi connectivity index (χ0n) is 10.9. The number of hydrogen-bond donors (Lipinski definition) is 1. The fourth-order valence-electron chi connectivity index (χ4n) is 2.22. The molecule has 1 aliphatic heterocycles. The van der Waals surface area contributed by atoms with Crippen molar-refractivity contribution in [1.82, 2.24) is 0 Å². The number of aliphatic hydroxyl groups is 1. The van der Waals surface area contributed by atoms with Gasteiger partial charge in [-0.25, -0.2) is 0 Å². The van der Waals surface area contributed by atoms with Gasteiger partial charge in [0.25, 0.3) is 0 Å². The molecular weight excluding hydrogens is 310 g/mol. The van der Waals surface area contributed by atoms with E-state index in [0.717, 1.165) is 28.4 Å². The Balaban J connectivity index is 2.17. The van der Waals surface area contributed by atoms with Gasteiger partial charge in [-0.05, 0) is 47.0 Å². The molecule has 2 nitrogen and oxygen atoms in total. The van der Waals surface area contributed by atoms with E-state index >= 15 is 0 Å². The first-order valence-corrected chi connectivity index (χ1v) is 8.30. The molecule has 1 aliphatic rings. The normalized spacial score (nSPS) is 22.0. The molecule has 2 unspecified atom stereocenters. The molecule has 1 saturated heterocycles. The molecule has 0 radical (unpaired) electrons. The van der Waals surface area contributed by atoms with Gasteiger partial charge in [-0.1, -0.05) is 13.0 Å². The third kappa shape index (κ3) is 3.22. The molecule has 0 spiro atoms. The lowest BCUT2D eigenvalue weighted by molar-refractivity contribution is 0.199. The SMILES string of the molecule is CCC1CN(c2ccc(C(C)O)cc2Br)CCS1. The van der Waals surface area contributed by atoms with Gasteiger partial charge in [-0.2, -0.15) is 11.8 Å². The van der Waals surface area contributed by atoms with Gasteiger partial charge in [0.15, 0.2) is 0 Å². The minimum Gasteiger partial charge on any atom is -0.389 e. The van der Waals surface area contributed by atoms with Crippen molar-refractivity contribution in [2.75, 3.05) is 23.7 Å². The molecule has 100 valence electrons. The Labute approximate surface area is 122 Å². The van der Waals surface area contributed by atoms with Gasteiger partial charge in [0.2, 0.25) is 0 Å². The Morgan fingerprint density at radius 2 is 2.33 bits per heavy atom. The van der Waals surface area contributed by atoms with Crippen molar-refractivity contribution in [3.63, 3.8) is 0 Å². The van der Waals surface area contributed by atoms with E-state index in [-0.39, 0.29) is 0 Å². The van der Waals surface area contributed by atoms with Crippen molar-refractivity contribution in [2.24, 2.45) is 0 Å². The van der Waals surface area contributed by atoms with Crippen LogP contribution in [-0.2, 0) is 0 Å². The number of thioether (sulfide) groups is 1. The number of nitrogens with zero attached hydrogens (tertiary/aromatic N) is 1. The van der Waals surface area contributed by atoms with Gasteiger partial charge in [-0.3, -0.25) is 0 Å². The summed E-state index contributed by atoms with van der Waals surface area (Å²) in [6, 6.07) is 6.17. The second-order valence-corrected chi connectivity index (χ2v) is 7.00. The van der Waals surface area contributed by atoms with E-state index < -0.39 is 6.10 Å². The summed E-state index contributed by atoms with van der Waals surface area (Å²) in [5.41, 5.74) is 2.21. The minimum atomic E-state index is -0.407. The number of anilines is 1. The van der Waals surface area contributed by atoms with Crippen LogP contribution < -0.4 is 4.90 Å². The first kappa shape index (κ1) is 14.2. The molecule has 4 heteroatoms. The van der Waals surface area contributed by atoms with E-state index in [1.165, 1.54) is 17.9 Å². The third-order valence-corrected chi connectivity index (χ3v) is 5.40. The molecule has 1 N–H and O–H groups in total. The maximum absolute atomic E-state index is 9.59. The second-order valence-electron chi connectivity index (χ2n) is 4.73. The number of hydrogen-bond acceptors (Lipinski definition) is 3. The van der Waals surface area contributed by atoms with E-state index in [9.17, 15) is 5.11 Å². The van der Waals surface area contributed by atoms with Crippen molar-refractivity contribution in [1.29, 1.82) is 0 Å². The summed E-state index contributed by atoms with van der Waals surface area (Å²) in [4.78, 5) is 2.45. The van der Waals surface area contributed by atoms with Crippen LogP contribution in [0.1, 0.15) is 31.9 Å². The first-order valence-electron chi connectivity index (χ1n) is 6.46. The molecule has 1 heterocycles. The van der Waals surface area contributed by atoms with Crippen molar-refractivity contribution in [3.8, 4) is 0 Å². The van der Waals surface area contributed by atoms with Crippen molar-refractivity contribution < 1.29 is 5.11 Å². The molecule has 0 saturated carbocycles. The van der Waals surface area contributed by atoms with Gasteiger partial charge >= 0.3 is 0 Å². The molecule has 2 rings (SSSR count). The predicted molar refractivity (Wildman–Crippen MR) is 83.5 cm³/mol. The second kappa shape index (κ2) is 6.31. The Bertz CT molecular complexity index is 411. The van der Waals surface area contributed by atoms with E-state index in [1.807, 2.05) is 12.1 Å². The summed E-state index contributed by atoms with van der Waals surface area (Å²) in [5.74, 6) is 1.20. The molecular formula is C14H20BrNOS. The lowest BCUT2D eigenvalue weighted by Crippen LogP contribution is -2.37. The molecule has 0 aromatic heterocycles. The molecule has 0 amide bonds. The molecule has 18 heavy (non-hydrogen) atoms. The summed E-state index contributed by atoms with van der Waals surface area (Å²) in [5, 5.41) is 10.3. The topological polar surface area (TPSA) is 23.5 Å². The van der Waals surface area contributed by atoms with Crippen LogP contribution in [0.15, 0.2) is 22.7 Å². The summed E-state index contributed by atoms with van der Waals surface area (Å²) in [7, 11) is 0. The van der Waals surface area contributed by atoms with Crippen LogP contribution >= 0.6 is 27.7 Å². The highest BCUT2D eigenvalue weighted by Gasteiger charge is 2.20. The van der Waals surface area contributed by atoms with Crippen molar-refractivity contribution in [2.45, 2.75) is 31.6 Å². The molecule has 1 fully saturated rings. The van der Waals surface area contributed by atoms with Gasteiger partial charge in [0.05, 0.1) is 11.8 Å². The third-order valence-electron chi connectivity index (χ3n) is 3.39. The number of halogens is 1. The Hall–Kier alpha value is -0.190. The maximum Gasteiger partial charge on any atom is 0.0762 e. The van der Waals surface area contributed by atoms with E-state index in [4.69, 9.17) is 0 Å². The van der Waals surface area contributed by atoms with E-state index in [2.05, 4.69) is 45.6 Å². The van der Waals surface area contributed by atoms with Crippen LogP contribution in [-0.4, -0.2) is 29.2 Å². The van der Waals surface area contributed by atoms with Crippen LogP contribution in [0.4, 0.5) is 5.69 Å². The maximum atomic E-state index is 9.59. The van der Waals surface area contributed by atoms with Gasteiger partial charge in [0.1, 0.15) is 0 Å². The number of aliphatic hydroxyl groups excluding tert-OH is 1. The van der Waals surface area contributed by atoms with Crippen molar-refractivity contribution in [3.05, 3.63) is 28.2 Å². The van der Waals surface area contributed by atoms with Crippen LogP contribution in [0, 0.1) is 0 Å². The summed E-state index contributed by atoms with van der Waals surface area (Å²) < 4.78 is 1.09. The zero-order valence-corrected chi connectivity index (χ0v) is 13.3. The molecule has 0 aliphatic carbocycles. The van der Waals surface area contributed by atoms with Crippen molar-refractivity contribution >= 4 is 33.4 Å². The van der Waals surface area contributed by atoms with Crippen LogP contribution in [0.2, 0.25) is 0 Å². The number of rotatable bonds is 3. The fourth-order valence-corrected chi connectivity index (χ4v) is 4.05. The zero-order chi connectivity index (χ0) is 13.1. The summed E-state index contributed by atoms with van der Waals surface area (Å²) in [6.45, 7) is 6.28. The lowest BCUT2D eigenvalue weighted by Gasteiger charge is -2.34. The van der Waals surface area contributed by atoms with E-state index in [0.29, 0.717) is 0 Å². The quantitative estimate of drug-likeness (QED) is 0.911. The monoisotopic (exact) mass is 329 g/mol. The highest BCUT2D eigenvalue weighted by Crippen LogP contribution is 2.32. The van der Waals surface area contributed by atoms with Crippen LogP contribution in [0.5, 0.6) is 0 Å². The van der Waals surface area contributed by atoms with Gasteiger partial charge < -0.3 is 10.0 Å². The van der Waals surface area contributed by atoms with Crippen LogP contribution in [0.25, 0.3) is 0 Å². The van der Waals surface area contributed by atoms with E-state index in [1.54, 1.807) is 6.92 Å². The average molecular weight is 330 g/mol. The van der Waals surface area contributed by atoms with Crippen LogP contribution in [0.3, 0.4) is 0 Å². The Morgan fingerprint density at radius 3 is 2.94 bits per heavy atom.